The minimum atomic E-state index is -0.619. The number of ketones is 3. The number of hydrogen-bond acceptors (Lipinski definition) is 5. The number of aliphatic hydroxyl groups excluding tert-OH is 1. The molecule has 0 bridgehead atoms. The van der Waals surface area contributed by atoms with Gasteiger partial charge in [-0.3, -0.25) is 14.4 Å². The summed E-state index contributed by atoms with van der Waals surface area (Å²) in [5.41, 5.74) is 0.627. The average Bonchev–Trinajstić information content (AvgIpc) is 2.91. The molecule has 5 heteroatoms. The molecule has 2 aromatic rings. The van der Waals surface area contributed by atoms with Crippen molar-refractivity contribution in [2.24, 2.45) is 0 Å². The van der Waals surface area contributed by atoms with Gasteiger partial charge < -0.3 is 9.52 Å². The Bertz CT molecular complexity index is 727. The number of carbonyl (C=O) groups excluding carboxylic acids is 3. The Balaban J connectivity index is 2.17. The van der Waals surface area contributed by atoms with Crippen LogP contribution in [0.25, 0.3) is 0 Å². The Morgan fingerprint density at radius 3 is 2.35 bits per heavy atom. The molecule has 0 saturated carbocycles. The monoisotopic (exact) mass is 268 g/mol. The molecular weight excluding hydrogens is 260 g/mol. The van der Waals surface area contributed by atoms with E-state index < -0.39 is 11.6 Å². The maximum atomic E-state index is 12.3. The molecule has 3 rings (SSSR count). The number of rotatable bonds is 2. The molecule has 1 aromatic carbocycles. The molecule has 1 N–H and O–H groups in total. The summed E-state index contributed by atoms with van der Waals surface area (Å²) in [7, 11) is 0. The zero-order valence-electron chi connectivity index (χ0n) is 10.1. The summed E-state index contributed by atoms with van der Waals surface area (Å²) in [6.45, 7) is 0. The normalized spacial score (nSPS) is 13.4. The third kappa shape index (κ3) is 1.60. The van der Waals surface area contributed by atoms with Crippen molar-refractivity contribution in [1.82, 2.24) is 0 Å². The predicted molar refractivity (Wildman–Crippen MR) is 68.1 cm³/mol. The molecule has 1 aliphatic carbocycles. The molecule has 98 valence electrons. The van der Waals surface area contributed by atoms with Crippen LogP contribution in [0.5, 0.6) is 0 Å². The Kier molecular flexibility index (Phi) is 2.61. The first-order valence-corrected chi connectivity index (χ1v) is 5.81. The lowest BCUT2D eigenvalue weighted by Crippen LogP contribution is -2.18. The number of benzene rings is 1. The zero-order chi connectivity index (χ0) is 14.3. The van der Waals surface area contributed by atoms with Gasteiger partial charge in [-0.1, -0.05) is 24.3 Å². The summed E-state index contributed by atoms with van der Waals surface area (Å²) in [5.74, 6) is -1.70. The lowest BCUT2D eigenvalue weighted by atomic mass is 9.88. The van der Waals surface area contributed by atoms with Gasteiger partial charge in [-0.2, -0.15) is 0 Å². The molecule has 5 nitrogen and oxygen atoms in total. The molecule has 0 aliphatic heterocycles. The molecule has 0 unspecified atom stereocenters. The predicted octanol–water partition coefficient (Wildman–Crippen LogP) is 2.31. The van der Waals surface area contributed by atoms with Gasteiger partial charge in [0, 0.05) is 17.2 Å². The first kappa shape index (κ1) is 12.1. The van der Waals surface area contributed by atoms with E-state index in [1.165, 1.54) is 12.1 Å². The highest BCUT2D eigenvalue weighted by atomic mass is 16.4. The number of furan rings is 1. The number of hydrogen-bond donors (Lipinski definition) is 1. The molecule has 1 aliphatic rings. The summed E-state index contributed by atoms with van der Waals surface area (Å²) in [4.78, 5) is 36.1. The Hall–Kier alpha value is -2.95. The minimum Gasteiger partial charge on any atom is -0.515 e. The van der Waals surface area contributed by atoms with Crippen LogP contribution in [0.4, 0.5) is 0 Å². The van der Waals surface area contributed by atoms with Gasteiger partial charge in [0.15, 0.2) is 17.3 Å². The highest BCUT2D eigenvalue weighted by Gasteiger charge is 2.34. The Morgan fingerprint density at radius 1 is 1.05 bits per heavy atom. The summed E-state index contributed by atoms with van der Waals surface area (Å²) < 4.78 is 5.18. The second-order valence-electron chi connectivity index (χ2n) is 4.24. The van der Waals surface area contributed by atoms with E-state index in [0.717, 1.165) is 6.08 Å². The van der Waals surface area contributed by atoms with Crippen LogP contribution < -0.4 is 0 Å². The van der Waals surface area contributed by atoms with E-state index in [2.05, 4.69) is 0 Å². The van der Waals surface area contributed by atoms with Crippen molar-refractivity contribution >= 4 is 17.3 Å². The maximum Gasteiger partial charge on any atom is 0.229 e. The van der Waals surface area contributed by atoms with E-state index >= 15 is 0 Å². The van der Waals surface area contributed by atoms with Gasteiger partial charge in [-0.25, -0.2) is 0 Å². The Labute approximate surface area is 113 Å². The molecular formula is C15H8O5. The number of fused-ring (bicyclic) bond motifs is 2. The summed E-state index contributed by atoms with van der Waals surface area (Å²) >= 11 is 0. The second kappa shape index (κ2) is 4.31. The van der Waals surface area contributed by atoms with E-state index in [9.17, 15) is 14.4 Å². The van der Waals surface area contributed by atoms with Crippen LogP contribution in [0.2, 0.25) is 0 Å². The van der Waals surface area contributed by atoms with Crippen LogP contribution >= 0.6 is 0 Å². The quantitative estimate of drug-likeness (QED) is 0.438. The van der Waals surface area contributed by atoms with Gasteiger partial charge in [0.1, 0.15) is 0 Å². The summed E-state index contributed by atoms with van der Waals surface area (Å²) in [6.07, 6.45) is 1.45. The lowest BCUT2D eigenvalue weighted by molar-refractivity contribution is 0.0952. The van der Waals surface area contributed by atoms with Crippen molar-refractivity contribution in [3.05, 3.63) is 70.9 Å². The van der Waals surface area contributed by atoms with Crippen LogP contribution in [0, 0.1) is 0 Å². The fourth-order valence-electron chi connectivity index (χ4n) is 2.15. The van der Waals surface area contributed by atoms with E-state index in [1.807, 2.05) is 0 Å². The molecule has 1 heterocycles. The van der Waals surface area contributed by atoms with Crippen molar-refractivity contribution in [2.45, 2.75) is 0 Å². The van der Waals surface area contributed by atoms with E-state index in [4.69, 9.17) is 9.52 Å². The van der Waals surface area contributed by atoms with E-state index in [1.54, 1.807) is 18.2 Å². The van der Waals surface area contributed by atoms with Gasteiger partial charge in [0.2, 0.25) is 11.6 Å². The third-order valence-corrected chi connectivity index (χ3v) is 3.07. The number of aliphatic hydroxyl groups is 1. The SMILES string of the molecule is O=C(C=CO)c1cc2c(o1)C(=O)c1ccccc1C2=O. The summed E-state index contributed by atoms with van der Waals surface area (Å²) in [6, 6.07) is 7.64. The van der Waals surface area contributed by atoms with Crippen LogP contribution in [0.1, 0.15) is 42.6 Å². The fourth-order valence-corrected chi connectivity index (χ4v) is 2.15. The summed E-state index contributed by atoms with van der Waals surface area (Å²) in [5, 5.41) is 8.57. The van der Waals surface area contributed by atoms with Crippen LogP contribution in [-0.2, 0) is 0 Å². The standard InChI is InChI=1S/C15H8O5/c16-6-5-11(17)12-7-10-13(18)8-3-1-2-4-9(8)14(19)15(10)20-12/h1-7,16H. The van der Waals surface area contributed by atoms with Crippen molar-refractivity contribution < 1.29 is 23.9 Å². The molecule has 0 fully saturated rings. The topological polar surface area (TPSA) is 84.6 Å². The van der Waals surface area contributed by atoms with Gasteiger partial charge in [-0.05, 0) is 6.07 Å². The molecule has 20 heavy (non-hydrogen) atoms. The lowest BCUT2D eigenvalue weighted by Gasteiger charge is -2.11. The molecule has 0 spiro atoms. The highest BCUT2D eigenvalue weighted by Crippen LogP contribution is 2.29. The minimum absolute atomic E-state index is 0.0726. The largest absolute Gasteiger partial charge is 0.515 e. The first-order valence-electron chi connectivity index (χ1n) is 5.81. The van der Waals surface area contributed by atoms with Crippen LogP contribution in [0.3, 0.4) is 0 Å². The van der Waals surface area contributed by atoms with Crippen LogP contribution in [-0.4, -0.2) is 22.5 Å². The zero-order valence-corrected chi connectivity index (χ0v) is 10.1. The number of carbonyl (C=O) groups is 3. The average molecular weight is 268 g/mol. The van der Waals surface area contributed by atoms with Crippen molar-refractivity contribution in [3.63, 3.8) is 0 Å². The van der Waals surface area contributed by atoms with E-state index in [0.29, 0.717) is 11.8 Å². The third-order valence-electron chi connectivity index (χ3n) is 3.07. The van der Waals surface area contributed by atoms with Crippen molar-refractivity contribution in [1.29, 1.82) is 0 Å². The van der Waals surface area contributed by atoms with Gasteiger partial charge in [-0.15, -0.1) is 0 Å². The van der Waals surface area contributed by atoms with Gasteiger partial charge >= 0.3 is 0 Å². The molecule has 0 atom stereocenters. The fraction of sp³-hybridized carbons (Fsp3) is 0. The van der Waals surface area contributed by atoms with Crippen molar-refractivity contribution in [3.8, 4) is 0 Å². The maximum absolute atomic E-state index is 12.3. The smallest absolute Gasteiger partial charge is 0.229 e. The molecule has 0 amide bonds. The molecule has 0 radical (unpaired) electrons. The Morgan fingerprint density at radius 2 is 1.70 bits per heavy atom. The van der Waals surface area contributed by atoms with Crippen molar-refractivity contribution in [2.75, 3.05) is 0 Å². The molecule has 0 saturated heterocycles. The van der Waals surface area contributed by atoms with E-state index in [-0.39, 0.29) is 28.4 Å². The van der Waals surface area contributed by atoms with Gasteiger partial charge in [0.05, 0.1) is 11.8 Å². The number of allylic oxidation sites excluding steroid dienone is 1. The highest BCUT2D eigenvalue weighted by molar-refractivity contribution is 6.28. The van der Waals surface area contributed by atoms with Crippen LogP contribution in [0.15, 0.2) is 47.1 Å². The van der Waals surface area contributed by atoms with Gasteiger partial charge in [0.25, 0.3) is 0 Å². The first-order chi connectivity index (χ1) is 9.63. The molecule has 1 aromatic heterocycles. The second-order valence-corrected chi connectivity index (χ2v) is 4.24.